The van der Waals surface area contributed by atoms with E-state index >= 15 is 0 Å². The van der Waals surface area contributed by atoms with Gasteiger partial charge in [0.1, 0.15) is 0 Å². The summed E-state index contributed by atoms with van der Waals surface area (Å²) in [6, 6.07) is 6.36. The number of carboxylic acids is 1. The third-order valence-electron chi connectivity index (χ3n) is 3.54. The molecule has 1 saturated heterocycles. The van der Waals surface area contributed by atoms with Crippen molar-refractivity contribution in [3.63, 3.8) is 0 Å². The van der Waals surface area contributed by atoms with Crippen LogP contribution in [0.15, 0.2) is 18.2 Å². The third-order valence-corrected chi connectivity index (χ3v) is 3.54. The van der Waals surface area contributed by atoms with Crippen molar-refractivity contribution < 1.29 is 14.6 Å². The lowest BCUT2D eigenvalue weighted by atomic mass is 9.73. The summed E-state index contributed by atoms with van der Waals surface area (Å²) in [5, 5.41) is 8.83. The van der Waals surface area contributed by atoms with E-state index in [1.807, 2.05) is 0 Å². The second-order valence-electron chi connectivity index (χ2n) is 4.99. The first-order chi connectivity index (χ1) is 8.03. The van der Waals surface area contributed by atoms with Crippen LogP contribution in [-0.2, 0) is 14.9 Å². The van der Waals surface area contributed by atoms with Crippen molar-refractivity contribution in [2.75, 3.05) is 13.2 Å². The van der Waals surface area contributed by atoms with Crippen molar-refractivity contribution in [3.8, 4) is 0 Å². The van der Waals surface area contributed by atoms with Gasteiger partial charge in [0.05, 0.1) is 13.2 Å². The fraction of sp³-hybridized carbons (Fsp3) is 0.500. The zero-order valence-corrected chi connectivity index (χ0v) is 10.3. The summed E-state index contributed by atoms with van der Waals surface area (Å²) in [6.07, 6.45) is 0.864. The van der Waals surface area contributed by atoms with Gasteiger partial charge in [-0.3, -0.25) is 4.79 Å². The van der Waals surface area contributed by atoms with Gasteiger partial charge in [-0.2, -0.15) is 0 Å². The van der Waals surface area contributed by atoms with Crippen LogP contribution in [-0.4, -0.2) is 24.3 Å². The molecule has 0 bridgehead atoms. The largest absolute Gasteiger partial charge is 0.481 e. The molecule has 1 aliphatic rings. The van der Waals surface area contributed by atoms with Crippen molar-refractivity contribution >= 4 is 5.97 Å². The van der Waals surface area contributed by atoms with Crippen LogP contribution >= 0.6 is 0 Å². The molecule has 0 spiro atoms. The molecule has 0 unspecified atom stereocenters. The van der Waals surface area contributed by atoms with Gasteiger partial charge in [-0.15, -0.1) is 0 Å². The predicted octanol–water partition coefficient (Wildman–Crippen LogP) is 2.44. The van der Waals surface area contributed by atoms with Gasteiger partial charge < -0.3 is 9.84 Å². The highest BCUT2D eigenvalue weighted by Crippen LogP contribution is 2.38. The quantitative estimate of drug-likeness (QED) is 0.870. The SMILES string of the molecule is Cc1ccc(C)c(C2(CCC(=O)O)COC2)c1. The van der Waals surface area contributed by atoms with Gasteiger partial charge in [0, 0.05) is 11.8 Å². The molecule has 1 heterocycles. The monoisotopic (exact) mass is 234 g/mol. The van der Waals surface area contributed by atoms with Gasteiger partial charge in [-0.05, 0) is 31.4 Å². The number of carboxylic acid groups (broad SMARTS) is 1. The van der Waals surface area contributed by atoms with Crippen molar-refractivity contribution in [2.24, 2.45) is 0 Å². The Morgan fingerprint density at radius 3 is 2.65 bits per heavy atom. The van der Waals surface area contributed by atoms with Crippen LogP contribution in [0.2, 0.25) is 0 Å². The van der Waals surface area contributed by atoms with E-state index in [0.717, 1.165) is 0 Å². The highest BCUT2D eigenvalue weighted by Gasteiger charge is 2.41. The van der Waals surface area contributed by atoms with Gasteiger partial charge in [0.2, 0.25) is 0 Å². The van der Waals surface area contributed by atoms with Gasteiger partial charge in [0.15, 0.2) is 0 Å². The zero-order valence-electron chi connectivity index (χ0n) is 10.3. The van der Waals surface area contributed by atoms with Crippen LogP contribution in [0.3, 0.4) is 0 Å². The van der Waals surface area contributed by atoms with E-state index < -0.39 is 5.97 Å². The third kappa shape index (κ3) is 2.34. The molecule has 3 nitrogen and oxygen atoms in total. The number of ether oxygens (including phenoxy) is 1. The molecule has 0 radical (unpaired) electrons. The second kappa shape index (κ2) is 4.49. The first-order valence-electron chi connectivity index (χ1n) is 5.91. The van der Waals surface area contributed by atoms with Crippen LogP contribution in [0.5, 0.6) is 0 Å². The molecule has 1 aliphatic heterocycles. The van der Waals surface area contributed by atoms with E-state index in [1.54, 1.807) is 0 Å². The molecule has 1 fully saturated rings. The molecule has 92 valence electrons. The van der Waals surface area contributed by atoms with Gasteiger partial charge >= 0.3 is 5.97 Å². The van der Waals surface area contributed by atoms with Crippen LogP contribution in [0.1, 0.15) is 29.5 Å². The topological polar surface area (TPSA) is 46.5 Å². The highest BCUT2D eigenvalue weighted by molar-refractivity contribution is 5.67. The Kier molecular flexibility index (Phi) is 3.20. The van der Waals surface area contributed by atoms with E-state index in [2.05, 4.69) is 32.0 Å². The molecule has 17 heavy (non-hydrogen) atoms. The van der Waals surface area contributed by atoms with Crippen molar-refractivity contribution in [1.82, 2.24) is 0 Å². The van der Waals surface area contributed by atoms with E-state index in [4.69, 9.17) is 9.84 Å². The Morgan fingerprint density at radius 2 is 2.12 bits per heavy atom. The molecular weight excluding hydrogens is 216 g/mol. The summed E-state index contributed by atoms with van der Waals surface area (Å²) in [5.74, 6) is -0.735. The number of hydrogen-bond acceptors (Lipinski definition) is 2. The van der Waals surface area contributed by atoms with Gasteiger partial charge in [-0.25, -0.2) is 0 Å². The molecule has 0 aromatic heterocycles. The first kappa shape index (κ1) is 12.1. The van der Waals surface area contributed by atoms with Crippen LogP contribution in [0.4, 0.5) is 0 Å². The van der Waals surface area contributed by atoms with E-state index in [9.17, 15) is 4.79 Å². The minimum Gasteiger partial charge on any atom is -0.481 e. The first-order valence-corrected chi connectivity index (χ1v) is 5.91. The van der Waals surface area contributed by atoms with Crippen LogP contribution in [0, 0.1) is 13.8 Å². The molecule has 2 rings (SSSR count). The smallest absolute Gasteiger partial charge is 0.303 e. The summed E-state index contributed by atoms with van der Waals surface area (Å²) < 4.78 is 5.33. The Balaban J connectivity index is 2.27. The number of benzene rings is 1. The minimum absolute atomic E-state index is 0.0749. The lowest BCUT2D eigenvalue weighted by Crippen LogP contribution is -2.47. The zero-order chi connectivity index (χ0) is 12.5. The lowest BCUT2D eigenvalue weighted by molar-refractivity contribution is -0.139. The Labute approximate surface area is 101 Å². The maximum atomic E-state index is 10.7. The molecule has 0 saturated carbocycles. The predicted molar refractivity (Wildman–Crippen MR) is 65.3 cm³/mol. The van der Waals surface area contributed by atoms with E-state index in [1.165, 1.54) is 16.7 Å². The maximum Gasteiger partial charge on any atom is 0.303 e. The summed E-state index contributed by atoms with van der Waals surface area (Å²) in [7, 11) is 0. The van der Waals surface area contributed by atoms with Gasteiger partial charge in [-0.1, -0.05) is 23.8 Å². The number of carbonyl (C=O) groups is 1. The second-order valence-corrected chi connectivity index (χ2v) is 4.99. The molecule has 1 aromatic rings. The highest BCUT2D eigenvalue weighted by atomic mass is 16.5. The number of aryl methyl sites for hydroxylation is 2. The van der Waals surface area contributed by atoms with E-state index in [0.29, 0.717) is 19.6 Å². The Hall–Kier alpha value is -1.35. The number of aliphatic carboxylic acids is 1. The fourth-order valence-electron chi connectivity index (χ4n) is 2.44. The summed E-state index contributed by atoms with van der Waals surface area (Å²) in [6.45, 7) is 5.43. The summed E-state index contributed by atoms with van der Waals surface area (Å²) in [5.41, 5.74) is 3.62. The number of hydrogen-bond donors (Lipinski definition) is 1. The molecule has 1 N–H and O–H groups in total. The van der Waals surface area contributed by atoms with E-state index in [-0.39, 0.29) is 11.8 Å². The Morgan fingerprint density at radius 1 is 1.41 bits per heavy atom. The standard InChI is InChI=1S/C14H18O3/c1-10-3-4-11(2)12(7-10)14(8-17-9-14)6-5-13(15)16/h3-4,7H,5-6,8-9H2,1-2H3,(H,15,16). The summed E-state index contributed by atoms with van der Waals surface area (Å²) >= 11 is 0. The molecule has 1 aromatic carbocycles. The molecule has 0 aliphatic carbocycles. The molecule has 0 amide bonds. The minimum atomic E-state index is -0.735. The maximum absolute atomic E-state index is 10.7. The van der Waals surface area contributed by atoms with Crippen molar-refractivity contribution in [3.05, 3.63) is 34.9 Å². The van der Waals surface area contributed by atoms with Crippen molar-refractivity contribution in [2.45, 2.75) is 32.1 Å². The lowest BCUT2D eigenvalue weighted by Gasteiger charge is -2.43. The average Bonchev–Trinajstić information content (AvgIpc) is 2.21. The summed E-state index contributed by atoms with van der Waals surface area (Å²) in [4.78, 5) is 10.7. The molecular formula is C14H18O3. The van der Waals surface area contributed by atoms with Crippen LogP contribution < -0.4 is 0 Å². The molecule has 3 heteroatoms. The van der Waals surface area contributed by atoms with Gasteiger partial charge in [0.25, 0.3) is 0 Å². The fourth-order valence-corrected chi connectivity index (χ4v) is 2.44. The number of rotatable bonds is 4. The van der Waals surface area contributed by atoms with Crippen LogP contribution in [0.25, 0.3) is 0 Å². The molecule has 0 atom stereocenters. The normalized spacial score (nSPS) is 17.5. The van der Waals surface area contributed by atoms with Crippen molar-refractivity contribution in [1.29, 1.82) is 0 Å². The Bertz CT molecular complexity index is 433. The average molecular weight is 234 g/mol.